The second kappa shape index (κ2) is 13.4. The normalized spacial score (nSPS) is 11.7. The number of hydrogen-bond acceptors (Lipinski definition) is 8. The highest BCUT2D eigenvalue weighted by molar-refractivity contribution is 5.91. The van der Waals surface area contributed by atoms with Crippen molar-refractivity contribution in [2.45, 2.75) is 52.0 Å². The Morgan fingerprint density at radius 3 is 2.46 bits per heavy atom. The van der Waals surface area contributed by atoms with E-state index in [2.05, 4.69) is 22.2 Å². The molecule has 0 saturated heterocycles. The lowest BCUT2D eigenvalue weighted by Crippen LogP contribution is -2.09. The Morgan fingerprint density at radius 2 is 1.74 bits per heavy atom. The molecule has 0 fully saturated rings. The molecule has 8 nitrogen and oxygen atoms in total. The fraction of sp³-hybridized carbons (Fsp3) is 0.444. The van der Waals surface area contributed by atoms with Gasteiger partial charge in [0.2, 0.25) is 0 Å². The smallest absolute Gasteiger partial charge is 0.305 e. The molecule has 0 amide bonds. The second-order valence-electron chi connectivity index (χ2n) is 8.20. The van der Waals surface area contributed by atoms with Gasteiger partial charge in [-0.2, -0.15) is 0 Å². The minimum absolute atomic E-state index is 0.0279. The van der Waals surface area contributed by atoms with Crippen molar-refractivity contribution in [1.29, 1.82) is 0 Å². The molecule has 3 rings (SSSR count). The molecule has 0 spiro atoms. The van der Waals surface area contributed by atoms with E-state index < -0.39 is 0 Å². The number of rotatable bonds is 14. The third kappa shape index (κ3) is 7.47. The Bertz CT molecular complexity index is 1090. The van der Waals surface area contributed by atoms with E-state index in [1.165, 1.54) is 0 Å². The zero-order valence-electron chi connectivity index (χ0n) is 21.0. The van der Waals surface area contributed by atoms with Gasteiger partial charge in [0.1, 0.15) is 17.9 Å². The molecule has 8 heteroatoms. The number of aromatic nitrogens is 2. The van der Waals surface area contributed by atoms with Crippen LogP contribution in [0.25, 0.3) is 10.9 Å². The molecule has 188 valence electrons. The number of ether oxygens (including phenoxy) is 4. The summed E-state index contributed by atoms with van der Waals surface area (Å²) in [4.78, 5) is 20.3. The molecule has 2 aromatic carbocycles. The first-order valence-electron chi connectivity index (χ1n) is 12.1. The number of carbonyl (C=O) groups excluding carboxylic acids is 1. The molecule has 3 aromatic rings. The number of carbonyl (C=O) groups is 1. The molecule has 1 aromatic heterocycles. The average molecular weight is 482 g/mol. The summed E-state index contributed by atoms with van der Waals surface area (Å²) in [6, 6.07) is 11.8. The van der Waals surface area contributed by atoms with Gasteiger partial charge in [0.15, 0.2) is 11.5 Å². The lowest BCUT2D eigenvalue weighted by Gasteiger charge is -2.18. The SMILES string of the molecule is CCOC(=O)CCCCCCOc1cc2c(NC(C)c3ccc(OC)cc3)ncnc2cc1OC. The summed E-state index contributed by atoms with van der Waals surface area (Å²) in [5.41, 5.74) is 1.89. The van der Waals surface area contributed by atoms with Gasteiger partial charge in [-0.15, -0.1) is 0 Å². The first-order valence-corrected chi connectivity index (χ1v) is 12.1. The van der Waals surface area contributed by atoms with Gasteiger partial charge in [-0.25, -0.2) is 9.97 Å². The predicted octanol–water partition coefficient (Wildman–Crippen LogP) is 5.71. The van der Waals surface area contributed by atoms with Gasteiger partial charge < -0.3 is 24.3 Å². The average Bonchev–Trinajstić information content (AvgIpc) is 2.88. The monoisotopic (exact) mass is 481 g/mol. The van der Waals surface area contributed by atoms with Crippen molar-refractivity contribution in [1.82, 2.24) is 9.97 Å². The first kappa shape index (κ1) is 26.1. The van der Waals surface area contributed by atoms with Crippen molar-refractivity contribution in [3.8, 4) is 17.2 Å². The highest BCUT2D eigenvalue weighted by Gasteiger charge is 2.14. The Labute approximate surface area is 207 Å². The van der Waals surface area contributed by atoms with Crippen molar-refractivity contribution in [2.24, 2.45) is 0 Å². The molecule has 0 aliphatic heterocycles. The third-order valence-electron chi connectivity index (χ3n) is 5.73. The summed E-state index contributed by atoms with van der Waals surface area (Å²) < 4.78 is 21.8. The van der Waals surface area contributed by atoms with Crippen LogP contribution in [-0.4, -0.2) is 43.4 Å². The van der Waals surface area contributed by atoms with E-state index in [1.807, 2.05) is 43.3 Å². The summed E-state index contributed by atoms with van der Waals surface area (Å²) in [5.74, 6) is 2.71. The van der Waals surface area contributed by atoms with Crippen molar-refractivity contribution >= 4 is 22.7 Å². The third-order valence-corrected chi connectivity index (χ3v) is 5.73. The van der Waals surface area contributed by atoms with E-state index in [-0.39, 0.29) is 12.0 Å². The number of fused-ring (bicyclic) bond motifs is 1. The Morgan fingerprint density at radius 1 is 0.971 bits per heavy atom. The van der Waals surface area contributed by atoms with Crippen LogP contribution in [0, 0.1) is 0 Å². The first-order chi connectivity index (χ1) is 17.0. The maximum absolute atomic E-state index is 11.4. The molecule has 0 aliphatic carbocycles. The summed E-state index contributed by atoms with van der Waals surface area (Å²) in [6.07, 6.45) is 5.66. The Hall–Kier alpha value is -3.55. The van der Waals surface area contributed by atoms with Crippen LogP contribution in [0.5, 0.6) is 17.2 Å². The Kier molecular flexibility index (Phi) is 9.95. The van der Waals surface area contributed by atoms with Crippen LogP contribution in [0.4, 0.5) is 5.82 Å². The van der Waals surface area contributed by atoms with Crippen LogP contribution in [0.15, 0.2) is 42.7 Å². The Balaban J connectivity index is 1.63. The molecule has 0 saturated carbocycles. The van der Waals surface area contributed by atoms with Crippen molar-refractivity contribution in [3.63, 3.8) is 0 Å². The number of unbranched alkanes of at least 4 members (excludes halogenated alkanes) is 3. The lowest BCUT2D eigenvalue weighted by atomic mass is 10.1. The van der Waals surface area contributed by atoms with Crippen LogP contribution >= 0.6 is 0 Å². The van der Waals surface area contributed by atoms with Crippen LogP contribution < -0.4 is 19.5 Å². The second-order valence-corrected chi connectivity index (χ2v) is 8.20. The van der Waals surface area contributed by atoms with E-state index in [0.717, 1.165) is 53.7 Å². The number of hydrogen-bond donors (Lipinski definition) is 1. The van der Waals surface area contributed by atoms with E-state index in [1.54, 1.807) is 20.5 Å². The van der Waals surface area contributed by atoms with E-state index in [9.17, 15) is 4.79 Å². The summed E-state index contributed by atoms with van der Waals surface area (Å²) in [5, 5.41) is 4.35. The fourth-order valence-corrected chi connectivity index (χ4v) is 3.77. The molecular weight excluding hydrogens is 446 g/mol. The van der Waals surface area contributed by atoms with Crippen molar-refractivity contribution in [3.05, 3.63) is 48.3 Å². The zero-order valence-corrected chi connectivity index (χ0v) is 21.0. The molecule has 1 N–H and O–H groups in total. The van der Waals surface area contributed by atoms with E-state index in [4.69, 9.17) is 18.9 Å². The predicted molar refractivity (Wildman–Crippen MR) is 136 cm³/mol. The molecule has 35 heavy (non-hydrogen) atoms. The van der Waals surface area contributed by atoms with Gasteiger partial charge in [0.25, 0.3) is 0 Å². The van der Waals surface area contributed by atoms with Gasteiger partial charge in [-0.1, -0.05) is 25.0 Å². The number of nitrogens with one attached hydrogen (secondary N) is 1. The summed E-state index contributed by atoms with van der Waals surface area (Å²) in [6.45, 7) is 4.89. The van der Waals surface area contributed by atoms with Gasteiger partial charge >= 0.3 is 5.97 Å². The number of anilines is 1. The molecule has 1 heterocycles. The highest BCUT2D eigenvalue weighted by atomic mass is 16.5. The summed E-state index contributed by atoms with van der Waals surface area (Å²) in [7, 11) is 3.28. The minimum atomic E-state index is -0.127. The van der Waals surface area contributed by atoms with Crippen LogP contribution in [0.1, 0.15) is 57.6 Å². The maximum Gasteiger partial charge on any atom is 0.305 e. The van der Waals surface area contributed by atoms with Crippen molar-refractivity contribution in [2.75, 3.05) is 32.8 Å². The van der Waals surface area contributed by atoms with Crippen molar-refractivity contribution < 1.29 is 23.7 Å². The van der Waals surface area contributed by atoms with Crippen LogP contribution in [0.2, 0.25) is 0 Å². The molecular formula is C27H35N3O5. The zero-order chi connectivity index (χ0) is 25.0. The highest BCUT2D eigenvalue weighted by Crippen LogP contribution is 2.35. The number of esters is 1. The van der Waals surface area contributed by atoms with Gasteiger partial charge in [0, 0.05) is 23.9 Å². The van der Waals surface area contributed by atoms with E-state index >= 15 is 0 Å². The molecule has 0 aliphatic rings. The minimum Gasteiger partial charge on any atom is -0.497 e. The standard InChI is InChI=1S/C27H35N3O5/c1-5-34-26(31)10-8-6-7-9-15-35-25-16-22-23(17-24(25)33-4)28-18-29-27(22)30-19(2)20-11-13-21(32-3)14-12-20/h11-14,16-19H,5-10,15H2,1-4H3,(H,28,29,30). The topological polar surface area (TPSA) is 91.8 Å². The fourth-order valence-electron chi connectivity index (χ4n) is 3.77. The molecule has 1 atom stereocenters. The van der Waals surface area contributed by atoms with Gasteiger partial charge in [-0.05, 0) is 50.5 Å². The lowest BCUT2D eigenvalue weighted by molar-refractivity contribution is -0.143. The summed E-state index contributed by atoms with van der Waals surface area (Å²) >= 11 is 0. The van der Waals surface area contributed by atoms with Gasteiger partial charge in [0.05, 0.1) is 33.0 Å². The van der Waals surface area contributed by atoms with Crippen LogP contribution in [-0.2, 0) is 9.53 Å². The quantitative estimate of drug-likeness (QED) is 0.231. The number of methoxy groups -OCH3 is 2. The molecule has 0 bridgehead atoms. The van der Waals surface area contributed by atoms with Crippen LogP contribution in [0.3, 0.4) is 0 Å². The van der Waals surface area contributed by atoms with Gasteiger partial charge in [-0.3, -0.25) is 4.79 Å². The molecule has 0 radical (unpaired) electrons. The number of benzene rings is 2. The maximum atomic E-state index is 11.4. The van der Waals surface area contributed by atoms with E-state index in [0.29, 0.717) is 31.1 Å². The molecule has 1 unspecified atom stereocenters. The largest absolute Gasteiger partial charge is 0.497 e. The number of nitrogens with zero attached hydrogens (tertiary/aromatic N) is 2.